The number of primary amides is 1. The van der Waals surface area contributed by atoms with Crippen LogP contribution in [0.25, 0.3) is 0 Å². The third kappa shape index (κ3) is 1.55. The molecule has 5 N–H and O–H groups in total. The smallest absolute Gasteiger partial charge is 0.333 e. The zero-order chi connectivity index (χ0) is 9.94. The molecule has 0 aromatic rings. The minimum Gasteiger partial charge on any atom is -0.479 e. The van der Waals surface area contributed by atoms with E-state index in [0.717, 1.165) is 0 Å². The standard InChI is InChI=1S/C7H14N2O3/c1-3-4(2)7(9,5(8)10)6(11)12/h4H,3,9H2,1-2H3,(H2,8,10)(H,11,12)/t4-,7-/m0/s1. The van der Waals surface area contributed by atoms with Crippen molar-refractivity contribution in [2.75, 3.05) is 0 Å². The van der Waals surface area contributed by atoms with Crippen molar-refractivity contribution in [2.24, 2.45) is 17.4 Å². The van der Waals surface area contributed by atoms with Gasteiger partial charge in [-0.05, 0) is 5.92 Å². The molecular weight excluding hydrogens is 160 g/mol. The molecular formula is C7H14N2O3. The molecule has 0 aliphatic heterocycles. The second-order valence-corrected chi connectivity index (χ2v) is 2.85. The maximum absolute atomic E-state index is 10.8. The van der Waals surface area contributed by atoms with E-state index in [4.69, 9.17) is 16.6 Å². The number of amides is 1. The lowest BCUT2D eigenvalue weighted by Crippen LogP contribution is -2.62. The van der Waals surface area contributed by atoms with Gasteiger partial charge in [0.25, 0.3) is 0 Å². The molecule has 0 unspecified atom stereocenters. The Morgan fingerprint density at radius 2 is 2.00 bits per heavy atom. The van der Waals surface area contributed by atoms with Gasteiger partial charge in [-0.2, -0.15) is 0 Å². The van der Waals surface area contributed by atoms with Crippen molar-refractivity contribution in [3.05, 3.63) is 0 Å². The minimum absolute atomic E-state index is 0.465. The van der Waals surface area contributed by atoms with Crippen molar-refractivity contribution in [3.63, 3.8) is 0 Å². The third-order valence-corrected chi connectivity index (χ3v) is 2.15. The molecule has 0 aliphatic carbocycles. The summed E-state index contributed by atoms with van der Waals surface area (Å²) in [5.74, 6) is -2.83. The fourth-order valence-corrected chi connectivity index (χ4v) is 0.881. The highest BCUT2D eigenvalue weighted by Gasteiger charge is 2.44. The summed E-state index contributed by atoms with van der Waals surface area (Å²) in [4.78, 5) is 21.4. The van der Waals surface area contributed by atoms with Crippen LogP contribution in [0.3, 0.4) is 0 Å². The van der Waals surface area contributed by atoms with Crippen molar-refractivity contribution in [3.8, 4) is 0 Å². The lowest BCUT2D eigenvalue weighted by Gasteiger charge is -2.26. The molecule has 0 fully saturated rings. The number of hydrogen-bond donors (Lipinski definition) is 3. The van der Waals surface area contributed by atoms with Crippen LogP contribution in [-0.2, 0) is 9.59 Å². The number of aliphatic carboxylic acids is 1. The fraction of sp³-hybridized carbons (Fsp3) is 0.714. The largest absolute Gasteiger partial charge is 0.479 e. The molecule has 0 spiro atoms. The van der Waals surface area contributed by atoms with Gasteiger partial charge in [-0.25, -0.2) is 4.79 Å². The Morgan fingerprint density at radius 1 is 1.58 bits per heavy atom. The van der Waals surface area contributed by atoms with Crippen molar-refractivity contribution >= 4 is 11.9 Å². The first kappa shape index (κ1) is 10.9. The summed E-state index contributed by atoms with van der Waals surface area (Å²) in [6, 6.07) is 0. The molecule has 70 valence electrons. The Hall–Kier alpha value is -1.10. The van der Waals surface area contributed by atoms with Crippen LogP contribution in [0.15, 0.2) is 0 Å². The van der Waals surface area contributed by atoms with Gasteiger partial charge in [-0.3, -0.25) is 4.79 Å². The number of hydrogen-bond acceptors (Lipinski definition) is 3. The monoisotopic (exact) mass is 174 g/mol. The molecule has 0 aliphatic rings. The Kier molecular flexibility index (Phi) is 3.21. The van der Waals surface area contributed by atoms with E-state index in [1.165, 1.54) is 0 Å². The number of carbonyl (C=O) groups excluding carboxylic acids is 1. The van der Waals surface area contributed by atoms with Crippen LogP contribution in [0.1, 0.15) is 20.3 Å². The summed E-state index contributed by atoms with van der Waals surface area (Å²) < 4.78 is 0. The van der Waals surface area contributed by atoms with E-state index >= 15 is 0 Å². The van der Waals surface area contributed by atoms with Crippen molar-refractivity contribution in [2.45, 2.75) is 25.8 Å². The summed E-state index contributed by atoms with van der Waals surface area (Å²) in [6.45, 7) is 3.33. The average molecular weight is 174 g/mol. The van der Waals surface area contributed by atoms with E-state index in [1.54, 1.807) is 13.8 Å². The van der Waals surface area contributed by atoms with Gasteiger partial charge in [-0.15, -0.1) is 0 Å². The Bertz CT molecular complexity index is 189. The van der Waals surface area contributed by atoms with E-state index in [0.29, 0.717) is 6.42 Å². The number of rotatable bonds is 4. The van der Waals surface area contributed by atoms with Crippen LogP contribution in [0.5, 0.6) is 0 Å². The molecule has 0 heterocycles. The highest BCUT2D eigenvalue weighted by molar-refractivity contribution is 6.06. The summed E-state index contributed by atoms with van der Waals surface area (Å²) in [7, 11) is 0. The first-order chi connectivity index (χ1) is 5.37. The molecule has 2 atom stereocenters. The van der Waals surface area contributed by atoms with E-state index in [2.05, 4.69) is 0 Å². The van der Waals surface area contributed by atoms with E-state index in [9.17, 15) is 9.59 Å². The van der Waals surface area contributed by atoms with Crippen LogP contribution in [0, 0.1) is 5.92 Å². The van der Waals surface area contributed by atoms with Crippen molar-refractivity contribution in [1.29, 1.82) is 0 Å². The maximum Gasteiger partial charge on any atom is 0.333 e. The summed E-state index contributed by atoms with van der Waals surface area (Å²) in [5, 5.41) is 8.68. The maximum atomic E-state index is 10.8. The van der Waals surface area contributed by atoms with Gasteiger partial charge in [0.15, 0.2) is 5.54 Å². The molecule has 5 heteroatoms. The van der Waals surface area contributed by atoms with Crippen LogP contribution in [-0.4, -0.2) is 22.5 Å². The molecule has 1 amide bonds. The van der Waals surface area contributed by atoms with E-state index in [-0.39, 0.29) is 0 Å². The van der Waals surface area contributed by atoms with Gasteiger partial charge in [0.05, 0.1) is 0 Å². The predicted octanol–water partition coefficient (Wildman–Crippen LogP) is -0.700. The van der Waals surface area contributed by atoms with Gasteiger partial charge >= 0.3 is 5.97 Å². The van der Waals surface area contributed by atoms with Crippen LogP contribution in [0.4, 0.5) is 0 Å². The van der Waals surface area contributed by atoms with Gasteiger partial charge in [-0.1, -0.05) is 20.3 Å². The SMILES string of the molecule is CC[C@H](C)[C@](N)(C(N)=O)C(=O)O. The molecule has 0 radical (unpaired) electrons. The number of carboxylic acids is 1. The van der Waals surface area contributed by atoms with Crippen LogP contribution < -0.4 is 11.5 Å². The van der Waals surface area contributed by atoms with Gasteiger partial charge in [0.2, 0.25) is 5.91 Å². The Labute approximate surface area is 70.7 Å². The summed E-state index contributed by atoms with van der Waals surface area (Å²) in [6.07, 6.45) is 0.492. The second kappa shape index (κ2) is 3.53. The third-order valence-electron chi connectivity index (χ3n) is 2.15. The van der Waals surface area contributed by atoms with Crippen molar-refractivity contribution in [1.82, 2.24) is 0 Å². The van der Waals surface area contributed by atoms with Crippen LogP contribution >= 0.6 is 0 Å². The average Bonchev–Trinajstić information content (AvgIpc) is 2.00. The van der Waals surface area contributed by atoms with E-state index < -0.39 is 23.3 Å². The number of nitrogens with two attached hydrogens (primary N) is 2. The van der Waals surface area contributed by atoms with E-state index in [1.807, 2.05) is 0 Å². The zero-order valence-corrected chi connectivity index (χ0v) is 7.20. The highest BCUT2D eigenvalue weighted by Crippen LogP contribution is 2.17. The predicted molar refractivity (Wildman–Crippen MR) is 43.2 cm³/mol. The highest BCUT2D eigenvalue weighted by atomic mass is 16.4. The van der Waals surface area contributed by atoms with Gasteiger partial charge < -0.3 is 16.6 Å². The number of carboxylic acid groups (broad SMARTS) is 1. The molecule has 0 bridgehead atoms. The summed E-state index contributed by atoms with van der Waals surface area (Å²) >= 11 is 0. The van der Waals surface area contributed by atoms with Crippen LogP contribution in [0.2, 0.25) is 0 Å². The molecule has 0 saturated carbocycles. The fourth-order valence-electron chi connectivity index (χ4n) is 0.881. The Balaban J connectivity index is 4.87. The summed E-state index contributed by atoms with van der Waals surface area (Å²) in [5.41, 5.74) is 8.33. The molecule has 0 rings (SSSR count). The molecule has 0 saturated heterocycles. The first-order valence-corrected chi connectivity index (χ1v) is 3.69. The lowest BCUT2D eigenvalue weighted by molar-refractivity contribution is -0.150. The van der Waals surface area contributed by atoms with Gasteiger partial charge in [0, 0.05) is 0 Å². The molecule has 0 aromatic heterocycles. The molecule has 0 aromatic carbocycles. The number of carbonyl (C=O) groups is 2. The Morgan fingerprint density at radius 3 is 2.08 bits per heavy atom. The topological polar surface area (TPSA) is 106 Å². The minimum atomic E-state index is -1.94. The van der Waals surface area contributed by atoms with Gasteiger partial charge in [0.1, 0.15) is 0 Å². The lowest BCUT2D eigenvalue weighted by atomic mass is 9.84. The first-order valence-electron chi connectivity index (χ1n) is 3.69. The second-order valence-electron chi connectivity index (χ2n) is 2.85. The van der Waals surface area contributed by atoms with Crippen molar-refractivity contribution < 1.29 is 14.7 Å². The normalized spacial score (nSPS) is 17.9. The zero-order valence-electron chi connectivity index (χ0n) is 7.20. The quantitative estimate of drug-likeness (QED) is 0.490. The molecule has 5 nitrogen and oxygen atoms in total. The molecule has 12 heavy (non-hydrogen) atoms.